The number of nitrogens with zero attached hydrogens (tertiary/aromatic N) is 2. The van der Waals surface area contributed by atoms with Gasteiger partial charge in [0.05, 0.1) is 17.7 Å². The summed E-state index contributed by atoms with van der Waals surface area (Å²) in [6.45, 7) is 2.25. The molecule has 1 aromatic carbocycles. The molecule has 1 amide bonds. The van der Waals surface area contributed by atoms with Crippen molar-refractivity contribution in [3.8, 4) is 11.8 Å². The number of amides is 1. The van der Waals surface area contributed by atoms with Crippen molar-refractivity contribution in [3.05, 3.63) is 29.3 Å². The minimum absolute atomic E-state index is 0.0204. The summed E-state index contributed by atoms with van der Waals surface area (Å²) in [5.41, 5.74) is -0.131. The highest BCUT2D eigenvalue weighted by Crippen LogP contribution is 2.46. The highest BCUT2D eigenvalue weighted by molar-refractivity contribution is 5.79. The molecule has 7 nitrogen and oxygen atoms in total. The number of hydrogen-bond acceptors (Lipinski definition) is 6. The molecule has 0 aliphatic carbocycles. The molecule has 3 atom stereocenters. The van der Waals surface area contributed by atoms with Gasteiger partial charge in [-0.05, 0) is 31.5 Å². The summed E-state index contributed by atoms with van der Waals surface area (Å²) in [5.74, 6) is 0.489. The Morgan fingerprint density at radius 3 is 2.72 bits per heavy atom. The van der Waals surface area contributed by atoms with Gasteiger partial charge in [-0.2, -0.15) is 5.26 Å². The van der Waals surface area contributed by atoms with Gasteiger partial charge in [0.1, 0.15) is 11.9 Å². The van der Waals surface area contributed by atoms with Crippen LogP contribution < -0.4 is 4.74 Å². The lowest BCUT2D eigenvalue weighted by molar-refractivity contribution is -0.244. The summed E-state index contributed by atoms with van der Waals surface area (Å²) in [6.07, 6.45) is -0.718. The number of hydrogen-bond donors (Lipinski definition) is 1. The number of fused-ring (bicyclic) bond motifs is 1. The minimum atomic E-state index is -1.21. The van der Waals surface area contributed by atoms with E-state index in [0.717, 1.165) is 6.42 Å². The first-order chi connectivity index (χ1) is 12.0. The van der Waals surface area contributed by atoms with Crippen LogP contribution in [0.3, 0.4) is 0 Å². The van der Waals surface area contributed by atoms with E-state index in [0.29, 0.717) is 29.8 Å². The fourth-order valence-electron chi connectivity index (χ4n) is 3.78. The molecule has 0 aromatic heterocycles. The smallest absolute Gasteiger partial charge is 0.223 e. The van der Waals surface area contributed by atoms with Crippen LogP contribution in [0.15, 0.2) is 18.2 Å². The van der Waals surface area contributed by atoms with E-state index in [1.807, 2.05) is 0 Å². The van der Waals surface area contributed by atoms with Crippen LogP contribution in [0.1, 0.15) is 36.9 Å². The molecule has 2 aliphatic heterocycles. The maximum atomic E-state index is 12.3. The van der Waals surface area contributed by atoms with Crippen LogP contribution in [0, 0.1) is 11.3 Å². The van der Waals surface area contributed by atoms with Gasteiger partial charge in [0.25, 0.3) is 0 Å². The molecule has 3 unspecified atom stereocenters. The predicted molar refractivity (Wildman–Crippen MR) is 87.7 cm³/mol. The Morgan fingerprint density at radius 2 is 2.16 bits per heavy atom. The number of carbonyl (C=O) groups is 1. The maximum Gasteiger partial charge on any atom is 0.223 e. The lowest BCUT2D eigenvalue weighted by atomic mass is 9.83. The number of aliphatic hydroxyl groups is 1. The molecular weight excluding hydrogens is 324 g/mol. The van der Waals surface area contributed by atoms with E-state index in [4.69, 9.17) is 14.2 Å². The van der Waals surface area contributed by atoms with Crippen LogP contribution in [-0.2, 0) is 14.3 Å². The van der Waals surface area contributed by atoms with Crippen LogP contribution in [0.2, 0.25) is 0 Å². The average molecular weight is 346 g/mol. The summed E-state index contributed by atoms with van der Waals surface area (Å²) >= 11 is 0. The summed E-state index contributed by atoms with van der Waals surface area (Å²) in [4.78, 5) is 14.0. The molecule has 1 N–H and O–H groups in total. The van der Waals surface area contributed by atoms with Crippen molar-refractivity contribution in [1.82, 2.24) is 4.90 Å². The number of benzene rings is 1. The molecule has 0 saturated carbocycles. The third kappa shape index (κ3) is 2.76. The first-order valence-electron chi connectivity index (χ1n) is 8.22. The Hall–Kier alpha value is -2.14. The van der Waals surface area contributed by atoms with E-state index in [1.165, 1.54) is 14.2 Å². The summed E-state index contributed by atoms with van der Waals surface area (Å²) < 4.78 is 16.7. The molecule has 0 spiro atoms. The highest BCUT2D eigenvalue weighted by atomic mass is 16.7. The second kappa shape index (κ2) is 6.64. The second-order valence-electron chi connectivity index (χ2n) is 6.53. The highest BCUT2D eigenvalue weighted by Gasteiger charge is 2.54. The zero-order valence-electron chi connectivity index (χ0n) is 14.6. The van der Waals surface area contributed by atoms with Crippen LogP contribution in [0.25, 0.3) is 0 Å². The molecule has 3 rings (SSSR count). The van der Waals surface area contributed by atoms with Gasteiger partial charge >= 0.3 is 0 Å². The van der Waals surface area contributed by atoms with E-state index in [9.17, 15) is 15.2 Å². The Kier molecular flexibility index (Phi) is 4.69. The number of methoxy groups -OCH3 is 2. The van der Waals surface area contributed by atoms with E-state index < -0.39 is 24.0 Å². The van der Waals surface area contributed by atoms with Gasteiger partial charge in [0.2, 0.25) is 5.91 Å². The monoisotopic (exact) mass is 346 g/mol. The maximum absolute atomic E-state index is 12.3. The van der Waals surface area contributed by atoms with E-state index in [2.05, 4.69) is 6.07 Å². The van der Waals surface area contributed by atoms with Gasteiger partial charge < -0.3 is 24.2 Å². The molecular formula is C18H22N2O5. The summed E-state index contributed by atoms with van der Waals surface area (Å²) in [7, 11) is 2.94. The van der Waals surface area contributed by atoms with Crippen molar-refractivity contribution < 1.29 is 24.1 Å². The molecule has 25 heavy (non-hydrogen) atoms. The standard InChI is InChI=1S/C18H22N2O5/c1-18(17(23-2)24-3)16(22)15(20-8-4-5-14(20)21)12-9-11(10-19)6-7-13(12)25-18/h6-7,9,15-17,22H,4-5,8H2,1-3H3. The van der Waals surface area contributed by atoms with Crippen LogP contribution in [-0.4, -0.2) is 54.7 Å². The summed E-state index contributed by atoms with van der Waals surface area (Å²) in [6, 6.07) is 6.47. The van der Waals surface area contributed by atoms with Crippen LogP contribution >= 0.6 is 0 Å². The van der Waals surface area contributed by atoms with Crippen LogP contribution in [0.5, 0.6) is 5.75 Å². The Morgan fingerprint density at radius 1 is 1.44 bits per heavy atom. The molecule has 7 heteroatoms. The number of aliphatic hydroxyl groups excluding tert-OH is 1. The predicted octanol–water partition coefficient (Wildman–Crippen LogP) is 1.35. The van der Waals surface area contributed by atoms with E-state index in [-0.39, 0.29) is 5.91 Å². The van der Waals surface area contributed by atoms with Crippen molar-refractivity contribution in [2.45, 2.75) is 43.8 Å². The van der Waals surface area contributed by atoms with Gasteiger partial charge in [-0.1, -0.05) is 0 Å². The van der Waals surface area contributed by atoms with Gasteiger partial charge in [0, 0.05) is 32.7 Å². The zero-order valence-corrected chi connectivity index (χ0v) is 14.6. The molecule has 2 heterocycles. The normalized spacial score (nSPS) is 28.6. The number of carbonyl (C=O) groups excluding carboxylic acids is 1. The minimum Gasteiger partial charge on any atom is -0.479 e. The Bertz CT molecular complexity index is 712. The Labute approximate surface area is 146 Å². The Balaban J connectivity index is 2.13. The van der Waals surface area contributed by atoms with Gasteiger partial charge in [0.15, 0.2) is 11.9 Å². The quantitative estimate of drug-likeness (QED) is 0.828. The first-order valence-corrected chi connectivity index (χ1v) is 8.22. The molecule has 1 fully saturated rings. The molecule has 1 aromatic rings. The SMILES string of the molecule is COC(OC)C1(C)Oc2ccc(C#N)cc2C(N2CCCC2=O)C1O. The van der Waals surface area contributed by atoms with Crippen molar-refractivity contribution in [1.29, 1.82) is 5.26 Å². The van der Waals surface area contributed by atoms with Crippen molar-refractivity contribution >= 4 is 5.91 Å². The van der Waals surface area contributed by atoms with Crippen molar-refractivity contribution in [2.24, 2.45) is 0 Å². The van der Waals surface area contributed by atoms with Gasteiger partial charge in [-0.25, -0.2) is 0 Å². The van der Waals surface area contributed by atoms with Crippen molar-refractivity contribution in [2.75, 3.05) is 20.8 Å². The molecule has 0 bridgehead atoms. The molecule has 1 saturated heterocycles. The third-order valence-corrected chi connectivity index (χ3v) is 5.02. The number of nitriles is 1. The van der Waals surface area contributed by atoms with Gasteiger partial charge in [-0.3, -0.25) is 4.79 Å². The lowest BCUT2D eigenvalue weighted by Crippen LogP contribution is -2.62. The fraction of sp³-hybridized carbons (Fsp3) is 0.556. The zero-order chi connectivity index (χ0) is 18.2. The molecule has 134 valence electrons. The largest absolute Gasteiger partial charge is 0.479 e. The third-order valence-electron chi connectivity index (χ3n) is 5.02. The number of rotatable bonds is 4. The first kappa shape index (κ1) is 17.7. The fourth-order valence-corrected chi connectivity index (χ4v) is 3.78. The lowest BCUT2D eigenvalue weighted by Gasteiger charge is -2.48. The van der Waals surface area contributed by atoms with Crippen LogP contribution in [0.4, 0.5) is 0 Å². The molecule has 2 aliphatic rings. The van der Waals surface area contributed by atoms with Gasteiger partial charge in [-0.15, -0.1) is 0 Å². The molecule has 0 radical (unpaired) electrons. The van der Waals surface area contributed by atoms with Crippen molar-refractivity contribution in [3.63, 3.8) is 0 Å². The number of likely N-dealkylation sites (tertiary alicyclic amines) is 1. The van der Waals surface area contributed by atoms with E-state index >= 15 is 0 Å². The number of ether oxygens (including phenoxy) is 3. The van der Waals surface area contributed by atoms with E-state index in [1.54, 1.807) is 30.0 Å². The topological polar surface area (TPSA) is 92.0 Å². The average Bonchev–Trinajstić information content (AvgIpc) is 3.02. The summed E-state index contributed by atoms with van der Waals surface area (Å²) in [5, 5.41) is 20.3. The second-order valence-corrected chi connectivity index (χ2v) is 6.53.